The molecule has 62 valence electrons. The predicted molar refractivity (Wildman–Crippen MR) is 49.1 cm³/mol. The molecule has 0 amide bonds. The Balaban J connectivity index is 2.66. The highest BCUT2D eigenvalue weighted by Crippen LogP contribution is 2.17. The van der Waals surface area contributed by atoms with E-state index in [4.69, 9.17) is 11.8 Å². The van der Waals surface area contributed by atoms with Crippen molar-refractivity contribution in [3.05, 3.63) is 11.1 Å². The van der Waals surface area contributed by atoms with Crippen LogP contribution in [0.2, 0.25) is 0 Å². The number of hydrogen-bond acceptors (Lipinski definition) is 4. The van der Waals surface area contributed by atoms with Crippen molar-refractivity contribution in [3.8, 4) is 0 Å². The molecule has 5 heteroatoms. The molecule has 1 rings (SSSR count). The third-order valence-electron chi connectivity index (χ3n) is 1.17. The Morgan fingerprint density at radius 1 is 1.73 bits per heavy atom. The van der Waals surface area contributed by atoms with Crippen molar-refractivity contribution in [3.63, 3.8) is 0 Å². The van der Waals surface area contributed by atoms with Gasteiger partial charge in [0.15, 0.2) is 5.13 Å². The van der Waals surface area contributed by atoms with E-state index in [1.165, 1.54) is 0 Å². The molecule has 0 aliphatic heterocycles. The van der Waals surface area contributed by atoms with Gasteiger partial charge in [0.05, 0.1) is 12.2 Å². The highest BCUT2D eigenvalue weighted by atomic mass is 35.5. The van der Waals surface area contributed by atoms with E-state index in [1.807, 2.05) is 24.4 Å². The molecule has 0 radical (unpaired) electrons. The van der Waals surface area contributed by atoms with Crippen LogP contribution in [0.15, 0.2) is 5.38 Å². The lowest BCUT2D eigenvalue weighted by atomic mass is 10.5. The standard InChI is InChI=1S/C6H10ClN3S/c1-10(2)6-9-5(3-8-7)4-11-6/h4,8H,3H2,1-2H3. The molecule has 11 heavy (non-hydrogen) atoms. The van der Waals surface area contributed by atoms with E-state index in [-0.39, 0.29) is 0 Å². The molecule has 0 saturated carbocycles. The smallest absolute Gasteiger partial charge is 0.185 e. The highest BCUT2D eigenvalue weighted by molar-refractivity contribution is 7.13. The topological polar surface area (TPSA) is 28.2 Å². The fraction of sp³-hybridized carbons (Fsp3) is 0.500. The molecule has 1 aromatic rings. The zero-order chi connectivity index (χ0) is 8.27. The second-order valence-electron chi connectivity index (χ2n) is 2.33. The molecule has 0 aromatic carbocycles. The van der Waals surface area contributed by atoms with E-state index in [9.17, 15) is 0 Å². The summed E-state index contributed by atoms with van der Waals surface area (Å²) in [7, 11) is 3.94. The highest BCUT2D eigenvalue weighted by Gasteiger charge is 2.01. The zero-order valence-corrected chi connectivity index (χ0v) is 8.04. The normalized spacial score (nSPS) is 10.1. The van der Waals surface area contributed by atoms with Gasteiger partial charge in [-0.1, -0.05) is 0 Å². The number of halogens is 1. The molecule has 3 nitrogen and oxygen atoms in total. The van der Waals surface area contributed by atoms with Crippen LogP contribution in [-0.2, 0) is 6.54 Å². The molecule has 0 saturated heterocycles. The summed E-state index contributed by atoms with van der Waals surface area (Å²) in [6.07, 6.45) is 0. The molecule has 1 aromatic heterocycles. The molecular formula is C6H10ClN3S. The zero-order valence-electron chi connectivity index (χ0n) is 6.47. The molecule has 0 aliphatic rings. The number of thiazole rings is 1. The first kappa shape index (κ1) is 8.77. The van der Waals surface area contributed by atoms with Gasteiger partial charge in [-0.3, -0.25) is 0 Å². The van der Waals surface area contributed by atoms with Crippen molar-refractivity contribution in [2.24, 2.45) is 0 Å². The maximum Gasteiger partial charge on any atom is 0.185 e. The second kappa shape index (κ2) is 3.90. The van der Waals surface area contributed by atoms with E-state index in [0.29, 0.717) is 6.54 Å². The van der Waals surface area contributed by atoms with Crippen molar-refractivity contribution >= 4 is 28.2 Å². The van der Waals surface area contributed by atoms with Gasteiger partial charge < -0.3 is 4.90 Å². The van der Waals surface area contributed by atoms with E-state index < -0.39 is 0 Å². The van der Waals surface area contributed by atoms with Gasteiger partial charge in [0.1, 0.15) is 0 Å². The number of nitrogens with zero attached hydrogens (tertiary/aromatic N) is 2. The quantitative estimate of drug-likeness (QED) is 0.734. The van der Waals surface area contributed by atoms with Crippen molar-refractivity contribution in [1.29, 1.82) is 0 Å². The van der Waals surface area contributed by atoms with Gasteiger partial charge in [0.25, 0.3) is 0 Å². The summed E-state index contributed by atoms with van der Waals surface area (Å²) in [6, 6.07) is 0. The van der Waals surface area contributed by atoms with E-state index >= 15 is 0 Å². The van der Waals surface area contributed by atoms with Crippen LogP contribution >= 0.6 is 23.1 Å². The molecular weight excluding hydrogens is 182 g/mol. The number of hydrogen-bond donors (Lipinski definition) is 1. The lowest BCUT2D eigenvalue weighted by molar-refractivity contribution is 0.918. The van der Waals surface area contributed by atoms with Crippen LogP contribution in [0, 0.1) is 0 Å². The summed E-state index contributed by atoms with van der Waals surface area (Å²) >= 11 is 6.94. The number of rotatable bonds is 3. The van der Waals surface area contributed by atoms with Gasteiger partial charge >= 0.3 is 0 Å². The van der Waals surface area contributed by atoms with Gasteiger partial charge in [-0.05, 0) is 11.8 Å². The third kappa shape index (κ3) is 2.32. The Morgan fingerprint density at radius 2 is 2.45 bits per heavy atom. The van der Waals surface area contributed by atoms with Crippen LogP contribution in [-0.4, -0.2) is 19.1 Å². The maximum absolute atomic E-state index is 5.33. The van der Waals surface area contributed by atoms with Crippen molar-refractivity contribution < 1.29 is 0 Å². The number of aromatic nitrogens is 1. The molecule has 0 bridgehead atoms. The molecule has 0 fully saturated rings. The van der Waals surface area contributed by atoms with Crippen LogP contribution < -0.4 is 9.74 Å². The first-order valence-corrected chi connectivity index (χ1v) is 4.45. The first-order valence-electron chi connectivity index (χ1n) is 3.19. The van der Waals surface area contributed by atoms with Crippen LogP contribution in [0.5, 0.6) is 0 Å². The molecule has 0 aliphatic carbocycles. The van der Waals surface area contributed by atoms with Gasteiger partial charge in [-0.25, -0.2) is 9.82 Å². The molecule has 1 N–H and O–H groups in total. The molecule has 0 unspecified atom stereocenters. The fourth-order valence-corrected chi connectivity index (χ4v) is 1.55. The average Bonchev–Trinajstić information content (AvgIpc) is 2.37. The number of anilines is 1. The number of nitrogens with one attached hydrogen (secondary N) is 1. The Labute approximate surface area is 75.1 Å². The van der Waals surface area contributed by atoms with Crippen molar-refractivity contribution in [2.75, 3.05) is 19.0 Å². The van der Waals surface area contributed by atoms with Crippen LogP contribution in [0.1, 0.15) is 5.69 Å². The minimum Gasteiger partial charge on any atom is -0.354 e. The van der Waals surface area contributed by atoms with Crippen molar-refractivity contribution in [1.82, 2.24) is 9.82 Å². The minimum atomic E-state index is 0.617. The molecule has 1 heterocycles. The van der Waals surface area contributed by atoms with Gasteiger partial charge in [0.2, 0.25) is 0 Å². The van der Waals surface area contributed by atoms with Crippen molar-refractivity contribution in [2.45, 2.75) is 6.54 Å². The maximum atomic E-state index is 5.33. The van der Waals surface area contributed by atoms with Gasteiger partial charge in [-0.2, -0.15) is 0 Å². The molecule has 0 atom stereocenters. The van der Waals surface area contributed by atoms with Crippen LogP contribution in [0.4, 0.5) is 5.13 Å². The lowest BCUT2D eigenvalue weighted by Gasteiger charge is -2.05. The monoisotopic (exact) mass is 191 g/mol. The third-order valence-corrected chi connectivity index (χ3v) is 2.36. The molecule has 0 spiro atoms. The largest absolute Gasteiger partial charge is 0.354 e. The average molecular weight is 192 g/mol. The van der Waals surface area contributed by atoms with Crippen LogP contribution in [0.25, 0.3) is 0 Å². The summed E-state index contributed by atoms with van der Waals surface area (Å²) in [5.74, 6) is 0. The Morgan fingerprint density at radius 3 is 2.91 bits per heavy atom. The summed E-state index contributed by atoms with van der Waals surface area (Å²) in [5, 5.41) is 3.00. The SMILES string of the molecule is CN(C)c1nc(CNCl)cs1. The van der Waals surface area contributed by atoms with E-state index in [0.717, 1.165) is 10.8 Å². The fourth-order valence-electron chi connectivity index (χ4n) is 0.651. The Kier molecular flexibility index (Phi) is 3.11. The summed E-state index contributed by atoms with van der Waals surface area (Å²) in [4.78, 5) is 8.81. The van der Waals surface area contributed by atoms with E-state index in [2.05, 4.69) is 9.82 Å². The summed E-state index contributed by atoms with van der Waals surface area (Å²) < 4.78 is 0. The first-order chi connectivity index (χ1) is 5.24. The minimum absolute atomic E-state index is 0.617. The summed E-state index contributed by atoms with van der Waals surface area (Å²) in [6.45, 7) is 0.617. The Bertz CT molecular complexity index is 223. The predicted octanol–water partition coefficient (Wildman–Crippen LogP) is 1.45. The van der Waals surface area contributed by atoms with E-state index in [1.54, 1.807) is 11.3 Å². The second-order valence-corrected chi connectivity index (χ2v) is 3.43. The lowest BCUT2D eigenvalue weighted by Crippen LogP contribution is -2.08. The Hall–Kier alpha value is -0.320. The van der Waals surface area contributed by atoms with Gasteiger partial charge in [0, 0.05) is 19.5 Å². The van der Waals surface area contributed by atoms with Gasteiger partial charge in [-0.15, -0.1) is 11.3 Å². The summed E-state index contributed by atoms with van der Waals surface area (Å²) in [5.41, 5.74) is 0.980. The van der Waals surface area contributed by atoms with Crippen LogP contribution in [0.3, 0.4) is 0 Å².